The van der Waals surface area contributed by atoms with E-state index in [0.29, 0.717) is 12.8 Å². The summed E-state index contributed by atoms with van der Waals surface area (Å²) in [7, 11) is 0. The minimum absolute atomic E-state index is 0.324. The molecule has 5 nitrogen and oxygen atoms in total. The Hall–Kier alpha value is -1.10. The predicted molar refractivity (Wildman–Crippen MR) is 34.2 cm³/mol. The molecule has 0 aromatic carbocycles. The van der Waals surface area contributed by atoms with Crippen LogP contribution in [0.1, 0.15) is 12.8 Å². The SMILES string of the molecule is O=C([OH2+])[C@@H]1CC[C@H](C(=O)O)O1. The number of aliphatic carboxylic acids is 1. The minimum Gasteiger partial charge on any atom is -0.563 e. The first kappa shape index (κ1) is 8.00. The van der Waals surface area contributed by atoms with Crippen molar-refractivity contribution in [3.8, 4) is 0 Å². The average molecular weight is 161 g/mol. The smallest absolute Gasteiger partial charge is 0.545 e. The van der Waals surface area contributed by atoms with Crippen molar-refractivity contribution in [3.63, 3.8) is 0 Å². The summed E-state index contributed by atoms with van der Waals surface area (Å²) in [6.07, 6.45) is -1.05. The van der Waals surface area contributed by atoms with Gasteiger partial charge in [-0.05, 0) is 12.8 Å². The predicted octanol–water partition coefficient (Wildman–Crippen LogP) is -1.13. The van der Waals surface area contributed by atoms with E-state index in [9.17, 15) is 9.59 Å². The molecule has 0 spiro atoms. The molecule has 5 heteroatoms. The van der Waals surface area contributed by atoms with Gasteiger partial charge < -0.3 is 14.9 Å². The molecule has 11 heavy (non-hydrogen) atoms. The molecule has 1 saturated heterocycles. The molecule has 0 unspecified atom stereocenters. The highest BCUT2D eigenvalue weighted by atomic mass is 16.5. The molecule has 0 aromatic heterocycles. The Balaban J connectivity index is 2.47. The number of hydrogen-bond acceptors (Lipinski definition) is 3. The van der Waals surface area contributed by atoms with Crippen LogP contribution in [0.5, 0.6) is 0 Å². The van der Waals surface area contributed by atoms with Crippen molar-refractivity contribution in [1.29, 1.82) is 0 Å². The lowest BCUT2D eigenvalue weighted by Crippen LogP contribution is -2.24. The van der Waals surface area contributed by atoms with Crippen LogP contribution in [0.3, 0.4) is 0 Å². The van der Waals surface area contributed by atoms with Crippen LogP contribution in [-0.4, -0.2) is 34.4 Å². The van der Waals surface area contributed by atoms with Crippen molar-refractivity contribution in [2.75, 3.05) is 0 Å². The van der Waals surface area contributed by atoms with Crippen molar-refractivity contribution in [2.45, 2.75) is 25.0 Å². The van der Waals surface area contributed by atoms with E-state index in [2.05, 4.69) is 0 Å². The lowest BCUT2D eigenvalue weighted by molar-refractivity contribution is -0.157. The Kier molecular flexibility index (Phi) is 2.09. The standard InChI is InChI=1S/C6H8O5/c7-5(8)3-1-2-4(11-3)6(9)10/h3-4H,1-2H2,(H,7,8)(H,9,10)/p+1/t3-,4+. The van der Waals surface area contributed by atoms with Gasteiger partial charge in [-0.1, -0.05) is 0 Å². The summed E-state index contributed by atoms with van der Waals surface area (Å²) < 4.78 is 4.75. The third kappa shape index (κ3) is 1.68. The maximum atomic E-state index is 10.4. The van der Waals surface area contributed by atoms with E-state index in [-0.39, 0.29) is 0 Å². The molecule has 1 fully saturated rings. The molecular formula is C6H9O5+. The molecule has 0 aromatic rings. The normalized spacial score (nSPS) is 30.2. The number of ether oxygens (including phenoxy) is 1. The number of carbonyl (C=O) groups excluding carboxylic acids is 1. The van der Waals surface area contributed by atoms with E-state index in [4.69, 9.17) is 14.9 Å². The maximum absolute atomic E-state index is 10.4. The second-order valence-electron chi connectivity index (χ2n) is 2.39. The monoisotopic (exact) mass is 161 g/mol. The fourth-order valence-corrected chi connectivity index (χ4v) is 1.01. The molecule has 0 saturated carbocycles. The summed E-state index contributed by atoms with van der Waals surface area (Å²) in [5.74, 6) is -1.90. The number of hydrogen-bond donors (Lipinski definition) is 1. The van der Waals surface area contributed by atoms with Crippen molar-refractivity contribution in [3.05, 3.63) is 0 Å². The largest absolute Gasteiger partial charge is 0.563 e. The van der Waals surface area contributed by atoms with E-state index in [0.717, 1.165) is 0 Å². The second kappa shape index (κ2) is 2.87. The Morgan fingerprint density at radius 2 is 1.91 bits per heavy atom. The van der Waals surface area contributed by atoms with Crippen LogP contribution in [0, 0.1) is 0 Å². The van der Waals surface area contributed by atoms with Gasteiger partial charge in [-0.3, -0.25) is 0 Å². The van der Waals surface area contributed by atoms with Crippen LogP contribution in [0.15, 0.2) is 0 Å². The van der Waals surface area contributed by atoms with Gasteiger partial charge in [-0.15, -0.1) is 0 Å². The van der Waals surface area contributed by atoms with Crippen LogP contribution in [0.2, 0.25) is 0 Å². The zero-order valence-electron chi connectivity index (χ0n) is 5.74. The van der Waals surface area contributed by atoms with Crippen LogP contribution >= 0.6 is 0 Å². The number of carbonyl (C=O) groups is 2. The van der Waals surface area contributed by atoms with Gasteiger partial charge in [0.05, 0.1) is 0 Å². The van der Waals surface area contributed by atoms with Crippen LogP contribution in [0.25, 0.3) is 0 Å². The molecule has 3 N–H and O–H groups in total. The average Bonchev–Trinajstić information content (AvgIpc) is 2.33. The third-order valence-electron chi connectivity index (χ3n) is 1.59. The molecule has 1 heterocycles. The van der Waals surface area contributed by atoms with E-state index >= 15 is 0 Å². The van der Waals surface area contributed by atoms with E-state index < -0.39 is 24.1 Å². The summed E-state index contributed by atoms with van der Waals surface area (Å²) in [6, 6.07) is 0. The van der Waals surface area contributed by atoms with Crippen molar-refractivity contribution < 1.29 is 24.5 Å². The lowest BCUT2D eigenvalue weighted by Gasteiger charge is -2.01. The molecule has 1 aliphatic rings. The Labute approximate surface area is 62.6 Å². The highest BCUT2D eigenvalue weighted by molar-refractivity contribution is 5.76. The van der Waals surface area contributed by atoms with E-state index in [1.807, 2.05) is 0 Å². The van der Waals surface area contributed by atoms with Crippen molar-refractivity contribution >= 4 is 11.9 Å². The van der Waals surface area contributed by atoms with Gasteiger partial charge in [0.15, 0.2) is 6.10 Å². The fourth-order valence-electron chi connectivity index (χ4n) is 1.01. The van der Waals surface area contributed by atoms with Gasteiger partial charge in [-0.25, -0.2) is 4.79 Å². The highest BCUT2D eigenvalue weighted by Crippen LogP contribution is 2.19. The lowest BCUT2D eigenvalue weighted by atomic mass is 10.2. The molecule has 62 valence electrons. The fraction of sp³-hybridized carbons (Fsp3) is 0.667. The first-order valence-electron chi connectivity index (χ1n) is 3.25. The second-order valence-corrected chi connectivity index (χ2v) is 2.39. The summed E-state index contributed by atoms with van der Waals surface area (Å²) in [5.41, 5.74) is 0. The Bertz CT molecular complexity index is 167. The van der Waals surface area contributed by atoms with E-state index in [1.165, 1.54) is 0 Å². The topological polar surface area (TPSA) is 86.5 Å². The molecule has 0 aliphatic carbocycles. The maximum Gasteiger partial charge on any atom is 0.545 e. The van der Waals surface area contributed by atoms with Crippen molar-refractivity contribution in [1.82, 2.24) is 0 Å². The highest BCUT2D eigenvalue weighted by Gasteiger charge is 2.38. The van der Waals surface area contributed by atoms with Crippen LogP contribution < -0.4 is 0 Å². The molecule has 0 radical (unpaired) electrons. The Morgan fingerprint density at radius 1 is 1.36 bits per heavy atom. The molecule has 0 bridgehead atoms. The van der Waals surface area contributed by atoms with Gasteiger partial charge in [0.2, 0.25) is 6.10 Å². The number of carboxylic acids is 1. The van der Waals surface area contributed by atoms with Gasteiger partial charge in [0, 0.05) is 4.79 Å². The summed E-state index contributed by atoms with van der Waals surface area (Å²) in [4.78, 5) is 20.6. The molecule has 1 rings (SSSR count). The zero-order chi connectivity index (χ0) is 8.43. The minimum atomic E-state index is -1.06. The third-order valence-corrected chi connectivity index (χ3v) is 1.59. The zero-order valence-corrected chi connectivity index (χ0v) is 5.74. The van der Waals surface area contributed by atoms with Gasteiger partial charge in [-0.2, -0.15) is 0 Å². The van der Waals surface area contributed by atoms with Crippen molar-refractivity contribution in [2.24, 2.45) is 0 Å². The molecule has 0 amide bonds. The Morgan fingerprint density at radius 3 is 2.18 bits per heavy atom. The van der Waals surface area contributed by atoms with Gasteiger partial charge >= 0.3 is 11.9 Å². The molecule has 2 atom stereocenters. The van der Waals surface area contributed by atoms with E-state index in [1.54, 1.807) is 0 Å². The van der Waals surface area contributed by atoms with Gasteiger partial charge in [0.25, 0.3) is 0 Å². The molecule has 1 aliphatic heterocycles. The van der Waals surface area contributed by atoms with Gasteiger partial charge in [0.1, 0.15) is 0 Å². The summed E-state index contributed by atoms with van der Waals surface area (Å²) in [6.45, 7) is 0. The first-order chi connectivity index (χ1) is 5.11. The molecular weight excluding hydrogens is 152 g/mol. The number of rotatable bonds is 2. The number of carboxylic acid groups (broad SMARTS) is 1. The summed E-state index contributed by atoms with van der Waals surface area (Å²) in [5, 5.41) is 15.1. The van der Waals surface area contributed by atoms with Crippen LogP contribution in [0.4, 0.5) is 0 Å². The quantitative estimate of drug-likeness (QED) is 0.519. The van der Waals surface area contributed by atoms with Crippen LogP contribution in [-0.2, 0) is 14.3 Å². The summed E-state index contributed by atoms with van der Waals surface area (Å²) >= 11 is 0. The first-order valence-corrected chi connectivity index (χ1v) is 3.25.